The van der Waals surface area contributed by atoms with E-state index in [0.717, 1.165) is 12.0 Å². The van der Waals surface area contributed by atoms with E-state index in [1.807, 2.05) is 11.4 Å². The number of ketones is 1. The van der Waals surface area contributed by atoms with Gasteiger partial charge in [-0.15, -0.1) is 11.3 Å². The van der Waals surface area contributed by atoms with Crippen LogP contribution in [0, 0.1) is 2.88 Å². The highest BCUT2D eigenvalue weighted by atomic mass is 127. The Morgan fingerprint density at radius 2 is 2.21 bits per heavy atom. The van der Waals surface area contributed by atoms with Crippen LogP contribution in [0.25, 0.3) is 0 Å². The van der Waals surface area contributed by atoms with Gasteiger partial charge in [0.1, 0.15) is 0 Å². The van der Waals surface area contributed by atoms with E-state index in [9.17, 15) is 4.79 Å². The van der Waals surface area contributed by atoms with Crippen molar-refractivity contribution in [2.75, 3.05) is 0 Å². The Labute approximate surface area is 103 Å². The third kappa shape index (κ3) is 4.09. The first-order valence-electron chi connectivity index (χ1n) is 5.01. The van der Waals surface area contributed by atoms with Gasteiger partial charge in [-0.3, -0.25) is 4.79 Å². The van der Waals surface area contributed by atoms with Crippen molar-refractivity contribution in [3.05, 3.63) is 19.9 Å². The van der Waals surface area contributed by atoms with Crippen molar-refractivity contribution in [3.8, 4) is 0 Å². The molecule has 0 aromatic carbocycles. The second kappa shape index (κ2) is 6.56. The van der Waals surface area contributed by atoms with E-state index in [2.05, 4.69) is 29.5 Å². The van der Waals surface area contributed by atoms with E-state index in [1.54, 1.807) is 11.3 Å². The van der Waals surface area contributed by atoms with Gasteiger partial charge in [-0.05, 0) is 35.1 Å². The monoisotopic (exact) mass is 322 g/mol. The van der Waals surface area contributed by atoms with Gasteiger partial charge in [0.25, 0.3) is 0 Å². The molecule has 0 aliphatic rings. The summed E-state index contributed by atoms with van der Waals surface area (Å²) < 4.78 is 1.19. The fourth-order valence-corrected chi connectivity index (χ4v) is 2.66. The number of hydrogen-bond acceptors (Lipinski definition) is 2. The molecule has 0 N–H and O–H groups in total. The molecule has 0 fully saturated rings. The van der Waals surface area contributed by atoms with E-state index in [4.69, 9.17) is 0 Å². The van der Waals surface area contributed by atoms with Crippen molar-refractivity contribution in [1.82, 2.24) is 0 Å². The molecular formula is C11H15IOS. The van der Waals surface area contributed by atoms with Crippen molar-refractivity contribution < 1.29 is 4.79 Å². The summed E-state index contributed by atoms with van der Waals surface area (Å²) in [4.78, 5) is 11.6. The average molecular weight is 322 g/mol. The van der Waals surface area contributed by atoms with Gasteiger partial charge in [0.2, 0.25) is 0 Å². The van der Waals surface area contributed by atoms with Gasteiger partial charge in [-0.25, -0.2) is 0 Å². The Bertz CT molecular complexity index is 293. The highest BCUT2D eigenvalue weighted by molar-refractivity contribution is 14.1. The SMILES string of the molecule is CCCCCCC(=O)c1csc(I)c1. The highest BCUT2D eigenvalue weighted by Crippen LogP contribution is 2.18. The van der Waals surface area contributed by atoms with Gasteiger partial charge in [0.15, 0.2) is 5.78 Å². The standard InChI is InChI=1S/C11H15IOS/c1-2-3-4-5-6-10(13)9-7-11(12)14-8-9/h7-8H,2-6H2,1H3. The van der Waals surface area contributed by atoms with Gasteiger partial charge in [0, 0.05) is 17.4 Å². The minimum atomic E-state index is 0.306. The van der Waals surface area contributed by atoms with Crippen LogP contribution in [0.3, 0.4) is 0 Å². The summed E-state index contributed by atoms with van der Waals surface area (Å²) in [5.41, 5.74) is 0.899. The van der Waals surface area contributed by atoms with Crippen molar-refractivity contribution in [2.45, 2.75) is 39.0 Å². The minimum absolute atomic E-state index is 0.306. The van der Waals surface area contributed by atoms with Crippen LogP contribution in [0.4, 0.5) is 0 Å². The van der Waals surface area contributed by atoms with E-state index in [-0.39, 0.29) is 0 Å². The topological polar surface area (TPSA) is 17.1 Å². The molecular weight excluding hydrogens is 307 g/mol. The number of carbonyl (C=O) groups is 1. The summed E-state index contributed by atoms with van der Waals surface area (Å²) in [6.07, 6.45) is 5.41. The highest BCUT2D eigenvalue weighted by Gasteiger charge is 2.06. The zero-order chi connectivity index (χ0) is 10.4. The fourth-order valence-electron chi connectivity index (χ4n) is 1.31. The van der Waals surface area contributed by atoms with Crippen molar-refractivity contribution >= 4 is 39.7 Å². The molecule has 0 aliphatic heterocycles. The third-order valence-corrected chi connectivity index (χ3v) is 3.94. The molecule has 1 rings (SSSR count). The summed E-state index contributed by atoms with van der Waals surface area (Å²) in [5, 5.41) is 1.96. The molecule has 0 atom stereocenters. The minimum Gasteiger partial charge on any atom is -0.294 e. The van der Waals surface area contributed by atoms with Crippen LogP contribution < -0.4 is 0 Å². The molecule has 0 saturated heterocycles. The summed E-state index contributed by atoms with van der Waals surface area (Å²) in [7, 11) is 0. The average Bonchev–Trinajstić information content (AvgIpc) is 2.59. The summed E-state index contributed by atoms with van der Waals surface area (Å²) in [5.74, 6) is 0.306. The van der Waals surface area contributed by atoms with Crippen molar-refractivity contribution in [1.29, 1.82) is 0 Å². The molecule has 0 amide bonds. The van der Waals surface area contributed by atoms with Gasteiger partial charge in [-0.1, -0.05) is 26.2 Å². The number of halogens is 1. The lowest BCUT2D eigenvalue weighted by Crippen LogP contribution is -1.96. The third-order valence-electron chi connectivity index (χ3n) is 2.15. The van der Waals surface area contributed by atoms with Crippen LogP contribution >= 0.6 is 33.9 Å². The number of hydrogen-bond donors (Lipinski definition) is 0. The normalized spacial score (nSPS) is 10.4. The van der Waals surface area contributed by atoms with E-state index in [0.29, 0.717) is 12.2 Å². The maximum Gasteiger partial charge on any atom is 0.163 e. The van der Waals surface area contributed by atoms with Crippen LogP contribution in [0.1, 0.15) is 49.4 Å². The van der Waals surface area contributed by atoms with Gasteiger partial charge in [0.05, 0.1) is 2.88 Å². The Morgan fingerprint density at radius 3 is 2.79 bits per heavy atom. The molecule has 1 aromatic rings. The maximum atomic E-state index is 11.6. The summed E-state index contributed by atoms with van der Waals surface area (Å²) >= 11 is 3.89. The molecule has 0 radical (unpaired) electrons. The Morgan fingerprint density at radius 1 is 1.43 bits per heavy atom. The molecule has 0 unspecified atom stereocenters. The van der Waals surface area contributed by atoms with Crippen LogP contribution in [-0.4, -0.2) is 5.78 Å². The van der Waals surface area contributed by atoms with Gasteiger partial charge in [-0.2, -0.15) is 0 Å². The molecule has 3 heteroatoms. The predicted octanol–water partition coefficient (Wildman–Crippen LogP) is 4.51. The largest absolute Gasteiger partial charge is 0.294 e. The molecule has 0 aliphatic carbocycles. The number of thiophene rings is 1. The summed E-state index contributed by atoms with van der Waals surface area (Å²) in [6, 6.07) is 1.98. The predicted molar refractivity (Wildman–Crippen MR) is 70.1 cm³/mol. The van der Waals surface area contributed by atoms with Crippen molar-refractivity contribution in [2.24, 2.45) is 0 Å². The van der Waals surface area contributed by atoms with Gasteiger partial charge < -0.3 is 0 Å². The maximum absolute atomic E-state index is 11.6. The molecule has 0 saturated carbocycles. The smallest absolute Gasteiger partial charge is 0.163 e. The van der Waals surface area contributed by atoms with Crippen molar-refractivity contribution in [3.63, 3.8) is 0 Å². The lowest BCUT2D eigenvalue weighted by molar-refractivity contribution is 0.0979. The molecule has 1 heterocycles. The van der Waals surface area contributed by atoms with E-state index < -0.39 is 0 Å². The lowest BCUT2D eigenvalue weighted by Gasteiger charge is -1.97. The first kappa shape index (κ1) is 12.2. The van der Waals surface area contributed by atoms with E-state index in [1.165, 1.54) is 22.1 Å². The Kier molecular flexibility index (Phi) is 5.70. The molecule has 14 heavy (non-hydrogen) atoms. The molecule has 1 nitrogen and oxygen atoms in total. The number of carbonyl (C=O) groups excluding carboxylic acids is 1. The van der Waals surface area contributed by atoms with Crippen LogP contribution in [0.2, 0.25) is 0 Å². The number of unbranched alkanes of at least 4 members (excludes halogenated alkanes) is 3. The molecule has 78 valence electrons. The first-order valence-corrected chi connectivity index (χ1v) is 6.97. The fraction of sp³-hybridized carbons (Fsp3) is 0.545. The first-order chi connectivity index (χ1) is 6.74. The zero-order valence-corrected chi connectivity index (χ0v) is 11.4. The Hall–Kier alpha value is 0.1000. The van der Waals surface area contributed by atoms with Crippen LogP contribution in [0.15, 0.2) is 11.4 Å². The molecule has 1 aromatic heterocycles. The Balaban J connectivity index is 2.29. The summed E-state index contributed by atoms with van der Waals surface area (Å²) in [6.45, 7) is 2.18. The number of rotatable bonds is 6. The molecule has 0 spiro atoms. The number of Topliss-reactive ketones (excluding diaryl/α,β-unsaturated/α-hetero) is 1. The van der Waals surface area contributed by atoms with E-state index >= 15 is 0 Å². The van der Waals surface area contributed by atoms with Crippen LogP contribution in [0.5, 0.6) is 0 Å². The lowest BCUT2D eigenvalue weighted by atomic mass is 10.1. The van der Waals surface area contributed by atoms with Crippen LogP contribution in [-0.2, 0) is 0 Å². The van der Waals surface area contributed by atoms with Gasteiger partial charge >= 0.3 is 0 Å². The molecule has 0 bridgehead atoms. The second-order valence-corrected chi connectivity index (χ2v) is 6.18. The quantitative estimate of drug-likeness (QED) is 0.428. The second-order valence-electron chi connectivity index (χ2n) is 3.37. The zero-order valence-electron chi connectivity index (χ0n) is 8.38.